The highest BCUT2D eigenvalue weighted by Crippen LogP contribution is 2.37. The fourth-order valence-corrected chi connectivity index (χ4v) is 9.68. The lowest BCUT2D eigenvalue weighted by Gasteiger charge is -2.36. The number of aryl methyl sites for hydroxylation is 1. The lowest BCUT2D eigenvalue weighted by molar-refractivity contribution is -0.136. The SMILES string of the molecule is COc1cc(N2CCN(C(=O)CCOCCOCCOCCNc3cccc4c3C(=O)N(C3CCC(=O)NC3=O)C4=O)CC2)ccc1Cc1ncc(C)c(Cc2ccccc2P(C)(C)=O)n1. The summed E-state index contributed by atoms with van der Waals surface area (Å²) >= 11 is 0. The topological polar surface area (TPSA) is 199 Å². The van der Waals surface area contributed by atoms with E-state index in [1.807, 2.05) is 48.4 Å². The molecule has 2 saturated heterocycles. The number of nitrogens with one attached hydrogen (secondary N) is 2. The summed E-state index contributed by atoms with van der Waals surface area (Å²) < 4.78 is 35.7. The molecule has 4 aromatic rings. The van der Waals surface area contributed by atoms with Crippen molar-refractivity contribution in [3.05, 3.63) is 106 Å². The van der Waals surface area contributed by atoms with Gasteiger partial charge in [-0.25, -0.2) is 9.97 Å². The minimum absolute atomic E-state index is 0.0490. The molecule has 0 spiro atoms. The number of methoxy groups -OCH3 is 1. The van der Waals surface area contributed by atoms with Crippen LogP contribution in [0.2, 0.25) is 0 Å². The molecule has 0 saturated carbocycles. The van der Waals surface area contributed by atoms with Gasteiger partial charge in [-0.05, 0) is 56.0 Å². The van der Waals surface area contributed by atoms with Gasteiger partial charge in [-0.1, -0.05) is 36.4 Å². The number of piperidine rings is 1. The van der Waals surface area contributed by atoms with Crippen molar-refractivity contribution >= 4 is 53.4 Å². The molecule has 0 bridgehead atoms. The van der Waals surface area contributed by atoms with E-state index in [9.17, 15) is 28.5 Å². The molecule has 1 aromatic heterocycles. The maximum absolute atomic E-state index is 13.3. The molecular formula is C48H58N7O10P. The summed E-state index contributed by atoms with van der Waals surface area (Å²) in [5.41, 5.74) is 5.77. The number of piperazine rings is 1. The van der Waals surface area contributed by atoms with E-state index < -0.39 is 36.8 Å². The van der Waals surface area contributed by atoms with E-state index in [0.717, 1.165) is 44.0 Å². The Balaban J connectivity index is 0.757. The number of ether oxygens (including phenoxy) is 4. The summed E-state index contributed by atoms with van der Waals surface area (Å²) in [6.45, 7) is 10.5. The van der Waals surface area contributed by atoms with Crippen LogP contribution in [0.3, 0.4) is 0 Å². The van der Waals surface area contributed by atoms with Crippen LogP contribution in [0.5, 0.6) is 5.75 Å². The molecule has 3 aliphatic rings. The van der Waals surface area contributed by atoms with Crippen LogP contribution in [-0.2, 0) is 46.0 Å². The number of benzene rings is 3. The van der Waals surface area contributed by atoms with Gasteiger partial charge in [-0.2, -0.15) is 0 Å². The molecule has 4 heterocycles. The summed E-state index contributed by atoms with van der Waals surface area (Å²) in [6, 6.07) is 17.9. The Kier molecular flexibility index (Phi) is 16.0. The van der Waals surface area contributed by atoms with Gasteiger partial charge in [0.05, 0.1) is 70.0 Å². The van der Waals surface area contributed by atoms with E-state index in [1.54, 1.807) is 38.6 Å². The average Bonchev–Trinajstić information content (AvgIpc) is 3.56. The maximum atomic E-state index is 13.3. The van der Waals surface area contributed by atoms with Gasteiger partial charge in [-0.15, -0.1) is 0 Å². The van der Waals surface area contributed by atoms with Gasteiger partial charge >= 0.3 is 0 Å². The fraction of sp³-hybridized carbons (Fsp3) is 0.438. The van der Waals surface area contributed by atoms with Crippen LogP contribution >= 0.6 is 7.14 Å². The van der Waals surface area contributed by atoms with Crippen molar-refractivity contribution in [1.29, 1.82) is 0 Å². The lowest BCUT2D eigenvalue weighted by atomic mass is 10.0. The van der Waals surface area contributed by atoms with Gasteiger partial charge < -0.3 is 38.6 Å². The Hall–Kier alpha value is -6.00. The Bertz CT molecular complexity index is 2490. The number of carbonyl (C=O) groups excluding carboxylic acids is 5. The Labute approximate surface area is 384 Å². The molecule has 0 radical (unpaired) electrons. The van der Waals surface area contributed by atoms with E-state index in [2.05, 4.69) is 32.7 Å². The second kappa shape index (κ2) is 22.0. The quantitative estimate of drug-likeness (QED) is 0.0695. The van der Waals surface area contributed by atoms with Crippen LogP contribution in [0, 0.1) is 6.92 Å². The van der Waals surface area contributed by atoms with Gasteiger partial charge in [0.15, 0.2) is 0 Å². The summed E-state index contributed by atoms with van der Waals surface area (Å²) in [6.07, 6.45) is 3.35. The zero-order valence-electron chi connectivity index (χ0n) is 38.0. The summed E-state index contributed by atoms with van der Waals surface area (Å²) in [4.78, 5) is 77.8. The number of hydrogen-bond donors (Lipinski definition) is 2. The number of anilines is 2. The van der Waals surface area contributed by atoms with Gasteiger partial charge in [0.25, 0.3) is 11.8 Å². The molecule has 18 heteroatoms. The molecule has 1 atom stereocenters. The normalized spacial score (nSPS) is 16.4. The van der Waals surface area contributed by atoms with Crippen LogP contribution in [0.1, 0.15) is 68.2 Å². The van der Waals surface area contributed by atoms with E-state index in [4.69, 9.17) is 23.9 Å². The molecule has 350 valence electrons. The Morgan fingerprint density at radius 2 is 1.58 bits per heavy atom. The molecule has 0 aliphatic carbocycles. The van der Waals surface area contributed by atoms with Gasteiger partial charge in [0.2, 0.25) is 17.7 Å². The molecule has 3 aromatic carbocycles. The number of imide groups is 2. The first-order valence-electron chi connectivity index (χ1n) is 22.3. The Morgan fingerprint density at radius 1 is 0.848 bits per heavy atom. The third kappa shape index (κ3) is 11.7. The third-order valence-electron chi connectivity index (χ3n) is 11.9. The molecule has 1 unspecified atom stereocenters. The van der Waals surface area contributed by atoms with Crippen LogP contribution in [0.15, 0.2) is 66.9 Å². The molecule has 2 N–H and O–H groups in total. The van der Waals surface area contributed by atoms with Gasteiger partial charge in [0.1, 0.15) is 24.8 Å². The van der Waals surface area contributed by atoms with E-state index in [0.29, 0.717) is 96.7 Å². The van der Waals surface area contributed by atoms with Crippen molar-refractivity contribution in [3.8, 4) is 5.75 Å². The number of aromatic nitrogens is 2. The van der Waals surface area contributed by atoms with E-state index >= 15 is 0 Å². The van der Waals surface area contributed by atoms with Gasteiger partial charge in [0, 0.05) is 86.5 Å². The third-order valence-corrected chi connectivity index (χ3v) is 13.5. The molecular weight excluding hydrogens is 866 g/mol. The van der Waals surface area contributed by atoms with Crippen molar-refractivity contribution in [2.45, 2.75) is 45.1 Å². The predicted molar refractivity (Wildman–Crippen MR) is 248 cm³/mol. The van der Waals surface area contributed by atoms with E-state index in [-0.39, 0.29) is 36.3 Å². The Morgan fingerprint density at radius 3 is 2.30 bits per heavy atom. The van der Waals surface area contributed by atoms with Crippen LogP contribution in [0.4, 0.5) is 11.4 Å². The summed E-state index contributed by atoms with van der Waals surface area (Å²) in [5, 5.41) is 6.22. The minimum Gasteiger partial charge on any atom is -0.496 e. The smallest absolute Gasteiger partial charge is 0.264 e. The van der Waals surface area contributed by atoms with Crippen molar-refractivity contribution in [3.63, 3.8) is 0 Å². The maximum Gasteiger partial charge on any atom is 0.264 e. The molecule has 5 amide bonds. The van der Waals surface area contributed by atoms with Crippen molar-refractivity contribution in [1.82, 2.24) is 25.1 Å². The zero-order chi connectivity index (χ0) is 46.8. The molecule has 2 fully saturated rings. The summed E-state index contributed by atoms with van der Waals surface area (Å²) in [5.74, 6) is -0.725. The number of rotatable bonds is 21. The molecule has 7 rings (SSSR count). The first kappa shape index (κ1) is 47.9. The number of carbonyl (C=O) groups is 5. The first-order chi connectivity index (χ1) is 31.8. The standard InChI is InChI=1S/C48H58N7O10P/c1-32-31-50-42(51-38(32)28-34-8-5-6-11-41(34)66(3,4)61)29-33-12-13-35(30-40(33)62-2)53-18-20-54(21-19-53)44(57)16-22-63-24-26-65-27-25-64-23-17-49-37-10-7-9-36-45(37)48(60)55(47(36)59)39-14-15-43(56)52-46(39)58/h5-13,30-31,39,49H,14-29H2,1-4H3,(H,52,56,58). The minimum atomic E-state index is -2.45. The second-order valence-electron chi connectivity index (χ2n) is 16.8. The fourth-order valence-electron chi connectivity index (χ4n) is 8.39. The van der Waals surface area contributed by atoms with Crippen LogP contribution in [-0.4, -0.2) is 148 Å². The van der Waals surface area contributed by atoms with Crippen molar-refractivity contribution in [2.24, 2.45) is 0 Å². The number of nitrogens with zero attached hydrogens (tertiary/aromatic N) is 5. The predicted octanol–water partition coefficient (Wildman–Crippen LogP) is 3.83. The molecule has 3 aliphatic heterocycles. The highest BCUT2D eigenvalue weighted by atomic mass is 31.2. The monoisotopic (exact) mass is 923 g/mol. The van der Waals surface area contributed by atoms with Crippen LogP contribution < -0.4 is 25.6 Å². The van der Waals surface area contributed by atoms with E-state index in [1.165, 1.54) is 0 Å². The zero-order valence-corrected chi connectivity index (χ0v) is 38.9. The largest absolute Gasteiger partial charge is 0.496 e. The molecule has 66 heavy (non-hydrogen) atoms. The lowest BCUT2D eigenvalue weighted by Crippen LogP contribution is -2.54. The van der Waals surface area contributed by atoms with Gasteiger partial charge in [-0.3, -0.25) is 34.2 Å². The number of fused-ring (bicyclic) bond motifs is 1. The number of hydrogen-bond acceptors (Lipinski definition) is 14. The average molecular weight is 924 g/mol. The molecule has 17 nitrogen and oxygen atoms in total. The van der Waals surface area contributed by atoms with Crippen molar-refractivity contribution in [2.75, 3.05) is 103 Å². The first-order valence-corrected chi connectivity index (χ1v) is 24.9. The highest BCUT2D eigenvalue weighted by Gasteiger charge is 2.45. The highest BCUT2D eigenvalue weighted by molar-refractivity contribution is 7.70. The second-order valence-corrected chi connectivity index (χ2v) is 20.0. The van der Waals surface area contributed by atoms with Crippen molar-refractivity contribution < 1.29 is 47.5 Å². The number of amides is 5. The van der Waals surface area contributed by atoms with Crippen LogP contribution in [0.25, 0.3) is 0 Å². The summed E-state index contributed by atoms with van der Waals surface area (Å²) in [7, 11) is -0.791.